The minimum atomic E-state index is -0.657. The third-order valence-electron chi connectivity index (χ3n) is 10.4. The molecule has 0 spiro atoms. The summed E-state index contributed by atoms with van der Waals surface area (Å²) in [6.45, 7) is 4.74. The molecule has 1 aromatic heterocycles. The summed E-state index contributed by atoms with van der Waals surface area (Å²) in [5, 5.41) is 25.3. The van der Waals surface area contributed by atoms with Gasteiger partial charge < -0.3 is 39.6 Å². The SMILES string of the molecule is CCc1cc2c([nH]1)N1CCNC(C#CC(c3c(OCCc4ccccc4)c(OC)c(O)c4c3OC(c3ccc(O)cc3)CC4=O)Cc3cccc-2c3)C1. The molecule has 8 rings (SSSR count). The molecule has 1 saturated heterocycles. The zero-order valence-corrected chi connectivity index (χ0v) is 29.9. The largest absolute Gasteiger partial charge is 0.508 e. The van der Waals surface area contributed by atoms with Gasteiger partial charge in [0.25, 0.3) is 0 Å². The first-order valence-corrected chi connectivity index (χ1v) is 18.3. The fourth-order valence-corrected chi connectivity index (χ4v) is 7.70. The molecule has 3 aliphatic heterocycles. The molecule has 3 unspecified atom stereocenters. The molecule has 4 N–H and O–H groups in total. The number of anilines is 1. The summed E-state index contributed by atoms with van der Waals surface area (Å²) in [5.74, 6) is 7.93. The van der Waals surface area contributed by atoms with Crippen molar-refractivity contribution in [2.45, 2.75) is 50.7 Å². The van der Waals surface area contributed by atoms with Crippen LogP contribution >= 0.6 is 0 Å². The van der Waals surface area contributed by atoms with Gasteiger partial charge in [-0.3, -0.25) is 4.79 Å². The molecule has 9 heteroatoms. The van der Waals surface area contributed by atoms with Gasteiger partial charge in [-0.25, -0.2) is 0 Å². The number of nitrogens with one attached hydrogen (secondary N) is 2. The smallest absolute Gasteiger partial charge is 0.204 e. The summed E-state index contributed by atoms with van der Waals surface area (Å²) in [6, 6.07) is 27.4. The lowest BCUT2D eigenvalue weighted by atomic mass is 9.85. The zero-order valence-electron chi connectivity index (χ0n) is 29.9. The number of ketones is 1. The Morgan fingerprint density at radius 2 is 1.79 bits per heavy atom. The summed E-state index contributed by atoms with van der Waals surface area (Å²) in [5.41, 5.74) is 6.96. The van der Waals surface area contributed by atoms with Crippen molar-refractivity contribution < 1.29 is 29.2 Å². The second kappa shape index (κ2) is 14.6. The number of methoxy groups -OCH3 is 1. The molecule has 0 aliphatic carbocycles. The number of carbonyl (C=O) groups excluding carboxylic acids is 1. The van der Waals surface area contributed by atoms with E-state index in [4.69, 9.17) is 14.2 Å². The van der Waals surface area contributed by atoms with Gasteiger partial charge in [0, 0.05) is 37.3 Å². The van der Waals surface area contributed by atoms with Gasteiger partial charge in [0.2, 0.25) is 5.75 Å². The Morgan fingerprint density at radius 1 is 0.962 bits per heavy atom. The van der Waals surface area contributed by atoms with Crippen molar-refractivity contribution in [2.75, 3.05) is 38.3 Å². The molecule has 0 saturated carbocycles. The third kappa shape index (κ3) is 6.78. The number of rotatable bonds is 8. The summed E-state index contributed by atoms with van der Waals surface area (Å²) in [6.07, 6.45) is 1.33. The number of aromatic hydroxyl groups is 2. The van der Waals surface area contributed by atoms with Crippen LogP contribution in [-0.2, 0) is 19.3 Å². The maximum absolute atomic E-state index is 14.1. The van der Waals surface area contributed by atoms with E-state index in [2.05, 4.69) is 64.3 Å². The Balaban J connectivity index is 1.30. The molecular formula is C44H43N3O6. The Hall–Kier alpha value is -5.85. The van der Waals surface area contributed by atoms with Gasteiger partial charge in [-0.05, 0) is 53.3 Å². The number of aryl methyl sites for hydroxylation is 1. The molecule has 4 aromatic carbocycles. The number of H-pyrrole nitrogens is 1. The van der Waals surface area contributed by atoms with E-state index in [1.165, 1.54) is 12.8 Å². The molecule has 3 aliphatic rings. The minimum Gasteiger partial charge on any atom is -0.508 e. The first-order valence-electron chi connectivity index (χ1n) is 18.3. The van der Waals surface area contributed by atoms with Crippen molar-refractivity contribution in [1.29, 1.82) is 0 Å². The highest BCUT2D eigenvalue weighted by Gasteiger charge is 2.39. The Kier molecular flexibility index (Phi) is 9.46. The average molecular weight is 710 g/mol. The van der Waals surface area contributed by atoms with Gasteiger partial charge in [0.05, 0.1) is 37.7 Å². The molecule has 4 heterocycles. The first kappa shape index (κ1) is 34.2. The molecule has 1 fully saturated rings. The fourth-order valence-electron chi connectivity index (χ4n) is 7.70. The number of ether oxygens (including phenoxy) is 3. The van der Waals surface area contributed by atoms with Gasteiger partial charge >= 0.3 is 0 Å². The van der Waals surface area contributed by atoms with Crippen LogP contribution in [0, 0.1) is 11.8 Å². The van der Waals surface area contributed by atoms with E-state index in [-0.39, 0.29) is 53.4 Å². The van der Waals surface area contributed by atoms with Crippen LogP contribution in [-0.4, -0.2) is 60.4 Å². The Labute approximate surface area is 309 Å². The lowest BCUT2D eigenvalue weighted by Gasteiger charge is -2.34. The van der Waals surface area contributed by atoms with E-state index in [0.717, 1.165) is 53.1 Å². The van der Waals surface area contributed by atoms with E-state index < -0.39 is 12.0 Å². The topological polar surface area (TPSA) is 116 Å². The Bertz CT molecular complexity index is 2200. The molecular weight excluding hydrogens is 666 g/mol. The monoisotopic (exact) mass is 709 g/mol. The van der Waals surface area contributed by atoms with Gasteiger partial charge in [-0.15, -0.1) is 0 Å². The van der Waals surface area contributed by atoms with Crippen molar-refractivity contribution in [3.05, 3.63) is 118 Å². The van der Waals surface area contributed by atoms with Gasteiger partial charge in [0.1, 0.15) is 29.0 Å². The third-order valence-corrected chi connectivity index (χ3v) is 10.4. The number of piperazine rings is 1. The molecule has 4 bridgehead atoms. The highest BCUT2D eigenvalue weighted by molar-refractivity contribution is 6.04. The highest BCUT2D eigenvalue weighted by atomic mass is 16.5. The molecule has 53 heavy (non-hydrogen) atoms. The number of aromatic amines is 1. The van der Waals surface area contributed by atoms with Crippen LogP contribution in [0.5, 0.6) is 28.7 Å². The quantitative estimate of drug-likeness (QED) is 0.126. The van der Waals surface area contributed by atoms with Gasteiger partial charge in [-0.2, -0.15) is 0 Å². The maximum Gasteiger partial charge on any atom is 0.204 e. The van der Waals surface area contributed by atoms with Crippen molar-refractivity contribution in [3.63, 3.8) is 0 Å². The average Bonchev–Trinajstić information content (AvgIpc) is 3.62. The van der Waals surface area contributed by atoms with Crippen LogP contribution in [0.1, 0.15) is 63.7 Å². The predicted molar refractivity (Wildman–Crippen MR) is 205 cm³/mol. The molecule has 270 valence electrons. The first-order chi connectivity index (χ1) is 25.9. The summed E-state index contributed by atoms with van der Waals surface area (Å²) >= 11 is 0. The predicted octanol–water partition coefficient (Wildman–Crippen LogP) is 7.11. The van der Waals surface area contributed by atoms with Gasteiger partial charge in [-0.1, -0.05) is 85.5 Å². The number of carbonyl (C=O) groups is 1. The van der Waals surface area contributed by atoms with E-state index in [9.17, 15) is 15.0 Å². The van der Waals surface area contributed by atoms with Crippen molar-refractivity contribution in [3.8, 4) is 51.7 Å². The van der Waals surface area contributed by atoms with Crippen LogP contribution in [0.2, 0.25) is 0 Å². The van der Waals surface area contributed by atoms with Crippen LogP contribution in [0.4, 0.5) is 5.82 Å². The second-order valence-corrected chi connectivity index (χ2v) is 13.8. The number of hydrogen-bond acceptors (Lipinski definition) is 8. The second-order valence-electron chi connectivity index (χ2n) is 13.8. The Morgan fingerprint density at radius 3 is 2.58 bits per heavy atom. The maximum atomic E-state index is 14.1. The molecule has 5 aromatic rings. The van der Waals surface area contributed by atoms with Crippen LogP contribution in [0.3, 0.4) is 0 Å². The number of Topliss-reactive ketones (excluding diaryl/α,β-unsaturated/α-hetero) is 1. The van der Waals surface area contributed by atoms with Crippen molar-refractivity contribution in [2.24, 2.45) is 0 Å². The lowest BCUT2D eigenvalue weighted by molar-refractivity contribution is 0.0839. The van der Waals surface area contributed by atoms with E-state index >= 15 is 0 Å². The van der Waals surface area contributed by atoms with Gasteiger partial charge in [0.15, 0.2) is 17.3 Å². The molecule has 9 nitrogen and oxygen atoms in total. The number of aromatic nitrogens is 1. The zero-order chi connectivity index (χ0) is 36.5. The van der Waals surface area contributed by atoms with Crippen LogP contribution in [0.15, 0.2) is 84.9 Å². The minimum absolute atomic E-state index is 0.00110. The standard InChI is InChI=1S/C44H43N3O6/c1-3-32-24-35-30-11-7-10-28(22-30)23-31(12-15-33-26-47(20-19-45-33)44(35)46-32)38-41-39(36(49)25-37(53-41)29-13-16-34(48)17-14-29)40(50)43(51-2)42(38)52-21-18-27-8-5-4-6-9-27/h4-11,13-14,16-17,22,24,31,33,37,45-46,48,50H,3,18-21,23,25-26H2,1-2H3. The summed E-state index contributed by atoms with van der Waals surface area (Å²) < 4.78 is 19.3. The van der Waals surface area contributed by atoms with Crippen molar-refractivity contribution in [1.82, 2.24) is 10.3 Å². The summed E-state index contributed by atoms with van der Waals surface area (Å²) in [4.78, 5) is 20.1. The number of phenolic OH excluding ortho intramolecular Hbond substituents is 2. The normalized spacial score (nSPS) is 19.0. The number of nitrogens with zero attached hydrogens (tertiary/aromatic N) is 1. The number of hydrogen-bond donors (Lipinski definition) is 4. The molecule has 0 amide bonds. The molecule has 0 radical (unpaired) electrons. The fraction of sp³-hybridized carbons (Fsp3) is 0.295. The summed E-state index contributed by atoms with van der Waals surface area (Å²) in [7, 11) is 1.47. The lowest BCUT2D eigenvalue weighted by Crippen LogP contribution is -2.50. The van der Waals surface area contributed by atoms with E-state index in [1.807, 2.05) is 30.3 Å². The van der Waals surface area contributed by atoms with Crippen LogP contribution in [0.25, 0.3) is 11.1 Å². The number of benzene rings is 4. The van der Waals surface area contributed by atoms with Crippen molar-refractivity contribution >= 4 is 11.6 Å². The van der Waals surface area contributed by atoms with E-state index in [1.54, 1.807) is 24.3 Å². The van der Waals surface area contributed by atoms with E-state index in [0.29, 0.717) is 30.7 Å². The van der Waals surface area contributed by atoms with Crippen LogP contribution < -0.4 is 24.4 Å². The highest BCUT2D eigenvalue weighted by Crippen LogP contribution is 2.55. The molecule has 3 atom stereocenters. The number of phenols is 2. The number of fused-ring (bicyclic) bond motifs is 8.